The summed E-state index contributed by atoms with van der Waals surface area (Å²) in [5.41, 5.74) is 4.68. The Hall–Kier alpha value is -3.19. The largest absolute Gasteiger partial charge is 0.279 e. The van der Waals surface area contributed by atoms with Crippen LogP contribution in [0.2, 0.25) is 0 Å². The van der Waals surface area contributed by atoms with Crippen molar-refractivity contribution in [1.82, 2.24) is 10.2 Å². The Morgan fingerprint density at radius 2 is 1.92 bits per heavy atom. The summed E-state index contributed by atoms with van der Waals surface area (Å²) in [7, 11) is 0. The number of aromatic amines is 1. The van der Waals surface area contributed by atoms with Crippen LogP contribution in [0.25, 0.3) is 0 Å². The zero-order valence-corrected chi connectivity index (χ0v) is 13.5. The molecule has 4 nitrogen and oxygen atoms in total. The molecule has 2 aromatic carbocycles. The first-order valence-corrected chi connectivity index (χ1v) is 7.94. The Morgan fingerprint density at radius 3 is 2.67 bits per heavy atom. The van der Waals surface area contributed by atoms with E-state index in [1.54, 1.807) is 6.21 Å². The quantitative estimate of drug-likeness (QED) is 0.718. The predicted molar refractivity (Wildman–Crippen MR) is 95.6 cm³/mol. The highest BCUT2D eigenvalue weighted by atomic mass is 15.2. The van der Waals surface area contributed by atoms with Crippen LogP contribution in [0, 0.1) is 11.3 Å². The lowest BCUT2D eigenvalue weighted by molar-refractivity contribution is 0.993. The van der Waals surface area contributed by atoms with Crippen molar-refractivity contribution < 1.29 is 0 Å². The van der Waals surface area contributed by atoms with Gasteiger partial charge in [-0.2, -0.15) is 10.4 Å². The second kappa shape index (κ2) is 7.38. The molecule has 0 unspecified atom stereocenters. The molecule has 0 aliphatic carbocycles. The van der Waals surface area contributed by atoms with Gasteiger partial charge in [0.15, 0.2) is 5.82 Å². The summed E-state index contributed by atoms with van der Waals surface area (Å²) in [5.74, 6) is 0.435. The maximum Gasteiger partial charge on any atom is 0.191 e. The Kier molecular flexibility index (Phi) is 4.83. The van der Waals surface area contributed by atoms with E-state index in [1.807, 2.05) is 42.5 Å². The Balaban J connectivity index is 1.84. The molecule has 24 heavy (non-hydrogen) atoms. The molecule has 0 aliphatic heterocycles. The van der Waals surface area contributed by atoms with Crippen molar-refractivity contribution in [3.8, 4) is 6.07 Å². The molecule has 0 amide bonds. The van der Waals surface area contributed by atoms with Crippen molar-refractivity contribution in [2.24, 2.45) is 4.99 Å². The minimum Gasteiger partial charge on any atom is -0.279 e. The normalized spacial score (nSPS) is 10.8. The number of benzene rings is 2. The van der Waals surface area contributed by atoms with Crippen LogP contribution < -0.4 is 0 Å². The van der Waals surface area contributed by atoms with Crippen LogP contribution >= 0.6 is 0 Å². The number of H-pyrrole nitrogens is 1. The van der Waals surface area contributed by atoms with Crippen LogP contribution in [0.1, 0.15) is 34.9 Å². The first kappa shape index (κ1) is 15.7. The topological polar surface area (TPSA) is 64.8 Å². The molecular formula is C20H18N4. The van der Waals surface area contributed by atoms with Crippen molar-refractivity contribution in [2.75, 3.05) is 0 Å². The predicted octanol–water partition coefficient (Wildman–Crippen LogP) is 4.19. The van der Waals surface area contributed by atoms with Gasteiger partial charge in [0.25, 0.3) is 0 Å². The molecule has 1 heterocycles. The number of rotatable bonds is 5. The molecule has 1 N–H and O–H groups in total. The van der Waals surface area contributed by atoms with E-state index < -0.39 is 0 Å². The van der Waals surface area contributed by atoms with Gasteiger partial charge in [0.1, 0.15) is 11.6 Å². The standard InChI is InChI=1S/C20H18N4/c1-2-15-9-6-10-17(11-15)14-22-20-18(13-21)19(23-24-20)12-16-7-4-3-5-8-16/h3-11,14H,2,12H2,1H3,(H,23,24). The zero-order valence-electron chi connectivity index (χ0n) is 13.5. The average molecular weight is 314 g/mol. The van der Waals surface area contributed by atoms with Crippen LogP contribution in [-0.4, -0.2) is 16.4 Å². The van der Waals surface area contributed by atoms with E-state index in [2.05, 4.69) is 40.3 Å². The van der Waals surface area contributed by atoms with E-state index in [9.17, 15) is 5.26 Å². The van der Waals surface area contributed by atoms with Crippen molar-refractivity contribution >= 4 is 12.0 Å². The highest BCUT2D eigenvalue weighted by molar-refractivity contribution is 5.82. The fourth-order valence-electron chi connectivity index (χ4n) is 2.54. The Morgan fingerprint density at radius 1 is 1.12 bits per heavy atom. The number of nitrogens with one attached hydrogen (secondary N) is 1. The second-order valence-electron chi connectivity index (χ2n) is 5.53. The van der Waals surface area contributed by atoms with E-state index in [-0.39, 0.29) is 0 Å². The monoisotopic (exact) mass is 314 g/mol. The SMILES string of the molecule is CCc1cccc(C=Nc2n[nH]c(Cc3ccccc3)c2C#N)c1. The van der Waals surface area contributed by atoms with Crippen molar-refractivity contribution in [2.45, 2.75) is 19.8 Å². The van der Waals surface area contributed by atoms with Crippen molar-refractivity contribution in [3.05, 3.63) is 82.5 Å². The van der Waals surface area contributed by atoms with Crippen molar-refractivity contribution in [3.63, 3.8) is 0 Å². The van der Waals surface area contributed by atoms with Gasteiger partial charge in [-0.1, -0.05) is 61.5 Å². The van der Waals surface area contributed by atoms with Gasteiger partial charge in [0.2, 0.25) is 0 Å². The molecule has 0 aliphatic rings. The van der Waals surface area contributed by atoms with Crippen LogP contribution in [-0.2, 0) is 12.8 Å². The molecule has 0 fully saturated rings. The Bertz CT molecular complexity index is 886. The molecule has 0 atom stereocenters. The zero-order chi connectivity index (χ0) is 16.8. The summed E-state index contributed by atoms with van der Waals surface area (Å²) in [6.07, 6.45) is 3.37. The summed E-state index contributed by atoms with van der Waals surface area (Å²) in [4.78, 5) is 4.40. The van der Waals surface area contributed by atoms with Gasteiger partial charge in [0, 0.05) is 12.6 Å². The van der Waals surface area contributed by atoms with Gasteiger partial charge < -0.3 is 0 Å². The molecule has 3 rings (SSSR count). The van der Waals surface area contributed by atoms with Crippen LogP contribution in [0.3, 0.4) is 0 Å². The fourth-order valence-corrected chi connectivity index (χ4v) is 2.54. The van der Waals surface area contributed by atoms with E-state index in [1.165, 1.54) is 5.56 Å². The maximum absolute atomic E-state index is 9.46. The number of nitriles is 1. The summed E-state index contributed by atoms with van der Waals surface area (Å²) in [6, 6.07) is 20.4. The number of aryl methyl sites for hydroxylation is 1. The lowest BCUT2D eigenvalue weighted by Gasteiger charge is -1.99. The highest BCUT2D eigenvalue weighted by Gasteiger charge is 2.12. The molecule has 0 bridgehead atoms. The molecule has 0 spiro atoms. The molecule has 118 valence electrons. The van der Waals surface area contributed by atoms with E-state index >= 15 is 0 Å². The highest BCUT2D eigenvalue weighted by Crippen LogP contribution is 2.21. The summed E-state index contributed by atoms with van der Waals surface area (Å²) >= 11 is 0. The van der Waals surface area contributed by atoms with Crippen molar-refractivity contribution in [1.29, 1.82) is 5.26 Å². The summed E-state index contributed by atoms with van der Waals surface area (Å²) in [5, 5.41) is 16.6. The summed E-state index contributed by atoms with van der Waals surface area (Å²) < 4.78 is 0. The molecule has 1 aromatic heterocycles. The maximum atomic E-state index is 9.46. The number of aliphatic imine (C=N–C) groups is 1. The number of nitrogens with zero attached hydrogens (tertiary/aromatic N) is 3. The lowest BCUT2D eigenvalue weighted by atomic mass is 10.1. The number of aromatic nitrogens is 2. The molecule has 0 radical (unpaired) electrons. The minimum absolute atomic E-state index is 0.435. The molecule has 0 saturated carbocycles. The van der Waals surface area contributed by atoms with Crippen LogP contribution in [0.4, 0.5) is 5.82 Å². The number of hydrogen-bond donors (Lipinski definition) is 1. The third-order valence-corrected chi connectivity index (χ3v) is 3.85. The minimum atomic E-state index is 0.435. The smallest absolute Gasteiger partial charge is 0.191 e. The third-order valence-electron chi connectivity index (χ3n) is 3.85. The first-order chi connectivity index (χ1) is 11.8. The van der Waals surface area contributed by atoms with Gasteiger partial charge in [-0.25, -0.2) is 4.99 Å². The second-order valence-corrected chi connectivity index (χ2v) is 5.53. The third kappa shape index (κ3) is 3.58. The van der Waals surface area contributed by atoms with Crippen LogP contribution in [0.5, 0.6) is 0 Å². The van der Waals surface area contributed by atoms with Gasteiger partial charge in [0.05, 0.1) is 5.69 Å². The van der Waals surface area contributed by atoms with Gasteiger partial charge in [-0.05, 0) is 23.1 Å². The Labute approximate surface area is 141 Å². The molecule has 0 saturated heterocycles. The van der Waals surface area contributed by atoms with Gasteiger partial charge >= 0.3 is 0 Å². The van der Waals surface area contributed by atoms with E-state index in [4.69, 9.17) is 0 Å². The lowest BCUT2D eigenvalue weighted by Crippen LogP contribution is -1.91. The van der Waals surface area contributed by atoms with Gasteiger partial charge in [-0.3, -0.25) is 5.10 Å². The fraction of sp³-hybridized carbons (Fsp3) is 0.150. The van der Waals surface area contributed by atoms with E-state index in [0.717, 1.165) is 23.2 Å². The summed E-state index contributed by atoms with van der Waals surface area (Å²) in [6.45, 7) is 2.12. The van der Waals surface area contributed by atoms with E-state index in [0.29, 0.717) is 17.8 Å². The number of hydrogen-bond acceptors (Lipinski definition) is 3. The molecular weight excluding hydrogens is 296 g/mol. The molecule has 4 heteroatoms. The molecule has 3 aromatic rings. The first-order valence-electron chi connectivity index (χ1n) is 7.94. The van der Waals surface area contributed by atoms with Gasteiger partial charge in [-0.15, -0.1) is 0 Å². The average Bonchev–Trinajstić information content (AvgIpc) is 3.02. The van der Waals surface area contributed by atoms with Crippen LogP contribution in [0.15, 0.2) is 59.6 Å².